The van der Waals surface area contributed by atoms with E-state index in [1.807, 2.05) is 6.92 Å². The Morgan fingerprint density at radius 3 is 2.56 bits per heavy atom. The lowest BCUT2D eigenvalue weighted by atomic mass is 10.2. The van der Waals surface area contributed by atoms with Crippen molar-refractivity contribution in [3.63, 3.8) is 0 Å². The molecule has 2 aromatic carbocycles. The van der Waals surface area contributed by atoms with Gasteiger partial charge in [0.05, 0.1) is 37.7 Å². The molecule has 0 unspecified atom stereocenters. The van der Waals surface area contributed by atoms with Crippen LogP contribution >= 0.6 is 0 Å². The molecule has 0 saturated heterocycles. The molecule has 45 heavy (non-hydrogen) atoms. The third-order valence-electron chi connectivity index (χ3n) is 6.86. The van der Waals surface area contributed by atoms with Crippen molar-refractivity contribution < 1.29 is 28.6 Å². The number of amides is 2. The zero-order chi connectivity index (χ0) is 32.2. The number of aromatic amines is 1. The predicted octanol–water partition coefficient (Wildman–Crippen LogP) is 5.69. The SMILES string of the molecule is CCCCCOC(=O)NC(=N)c1ccc(NCc2nc3c(C)c(OC(=O)N(CCC(=O)OC)c4ccccn4)ccc3[nH]2)cc1. The van der Waals surface area contributed by atoms with Gasteiger partial charge in [-0.15, -0.1) is 0 Å². The molecule has 0 fully saturated rings. The van der Waals surface area contributed by atoms with Gasteiger partial charge in [0, 0.05) is 29.6 Å². The van der Waals surface area contributed by atoms with Crippen molar-refractivity contribution in [1.29, 1.82) is 5.41 Å². The van der Waals surface area contributed by atoms with Crippen molar-refractivity contribution in [1.82, 2.24) is 20.3 Å². The van der Waals surface area contributed by atoms with E-state index in [4.69, 9.17) is 24.6 Å². The highest BCUT2D eigenvalue weighted by Gasteiger charge is 2.22. The molecule has 0 radical (unpaired) electrons. The second kappa shape index (κ2) is 15.8. The number of rotatable bonds is 13. The fourth-order valence-corrected chi connectivity index (χ4v) is 4.37. The summed E-state index contributed by atoms with van der Waals surface area (Å²) >= 11 is 0. The average molecular weight is 616 g/mol. The van der Waals surface area contributed by atoms with Crippen LogP contribution in [0.1, 0.15) is 49.6 Å². The number of aromatic nitrogens is 3. The van der Waals surface area contributed by atoms with E-state index in [0.29, 0.717) is 47.2 Å². The molecular weight excluding hydrogens is 578 g/mol. The lowest BCUT2D eigenvalue weighted by Crippen LogP contribution is -2.36. The molecule has 2 heterocycles. The van der Waals surface area contributed by atoms with Crippen LogP contribution in [-0.4, -0.2) is 59.2 Å². The summed E-state index contributed by atoms with van der Waals surface area (Å²) in [5.41, 5.74) is 3.42. The largest absolute Gasteiger partial charge is 0.469 e. The van der Waals surface area contributed by atoms with Crippen molar-refractivity contribution in [2.24, 2.45) is 0 Å². The van der Waals surface area contributed by atoms with Gasteiger partial charge in [-0.05, 0) is 61.9 Å². The standard InChI is InChI=1S/C32H37N7O6/c1-4-5-8-19-44-31(41)38-30(33)22-10-12-23(13-11-22)35-20-26-36-24-14-15-25(21(2)29(24)37-26)45-32(42)39(18-16-28(40)43-3)27-9-6-7-17-34-27/h6-7,9-15,17,35H,4-5,8,16,18-20H2,1-3H3,(H,36,37)(H2,33,38,41). The summed E-state index contributed by atoms with van der Waals surface area (Å²) in [4.78, 5) is 50.3. The first-order valence-electron chi connectivity index (χ1n) is 14.6. The molecule has 2 aromatic heterocycles. The first-order chi connectivity index (χ1) is 21.8. The van der Waals surface area contributed by atoms with Crippen molar-refractivity contribution in [3.05, 3.63) is 77.7 Å². The van der Waals surface area contributed by atoms with Gasteiger partial charge in [-0.3, -0.25) is 20.4 Å². The summed E-state index contributed by atoms with van der Waals surface area (Å²) in [6.45, 7) is 4.62. The molecule has 0 aliphatic heterocycles. The number of anilines is 2. The quantitative estimate of drug-likeness (QED) is 0.0638. The van der Waals surface area contributed by atoms with Crippen LogP contribution in [0.4, 0.5) is 21.1 Å². The van der Waals surface area contributed by atoms with Crippen LogP contribution in [0.15, 0.2) is 60.8 Å². The minimum atomic E-state index is -0.687. The van der Waals surface area contributed by atoms with E-state index in [1.165, 1.54) is 12.0 Å². The summed E-state index contributed by atoms with van der Waals surface area (Å²) in [7, 11) is 1.29. The molecule has 4 aromatic rings. The predicted molar refractivity (Wildman–Crippen MR) is 170 cm³/mol. The van der Waals surface area contributed by atoms with Crippen LogP contribution in [0.3, 0.4) is 0 Å². The van der Waals surface area contributed by atoms with Crippen LogP contribution in [0.25, 0.3) is 11.0 Å². The van der Waals surface area contributed by atoms with Gasteiger partial charge < -0.3 is 24.5 Å². The Kier molecular flexibility index (Phi) is 11.4. The van der Waals surface area contributed by atoms with Crippen LogP contribution in [0.5, 0.6) is 5.75 Å². The van der Waals surface area contributed by atoms with Gasteiger partial charge in [-0.1, -0.05) is 25.8 Å². The first kappa shape index (κ1) is 32.5. The zero-order valence-corrected chi connectivity index (χ0v) is 25.5. The monoisotopic (exact) mass is 615 g/mol. The topological polar surface area (TPSA) is 172 Å². The second-order valence-corrected chi connectivity index (χ2v) is 10.1. The lowest BCUT2D eigenvalue weighted by Gasteiger charge is -2.21. The Morgan fingerprint density at radius 1 is 1.04 bits per heavy atom. The number of hydrogen-bond donors (Lipinski definition) is 4. The summed E-state index contributed by atoms with van der Waals surface area (Å²) < 4.78 is 15.5. The number of unbranched alkanes of at least 4 members (excludes halogenated alkanes) is 2. The maximum absolute atomic E-state index is 13.2. The number of aryl methyl sites for hydroxylation is 1. The number of hydrogen-bond acceptors (Lipinski definition) is 10. The van der Waals surface area contributed by atoms with Crippen LogP contribution < -0.4 is 20.3 Å². The molecule has 13 nitrogen and oxygen atoms in total. The number of nitrogens with zero attached hydrogens (tertiary/aromatic N) is 3. The van der Waals surface area contributed by atoms with E-state index in [2.05, 4.69) is 27.5 Å². The maximum atomic E-state index is 13.2. The number of esters is 1. The number of nitrogens with one attached hydrogen (secondary N) is 4. The van der Waals surface area contributed by atoms with Gasteiger partial charge in [0.25, 0.3) is 0 Å². The fraction of sp³-hybridized carbons (Fsp3) is 0.312. The molecule has 236 valence electrons. The third-order valence-corrected chi connectivity index (χ3v) is 6.86. The number of pyridine rings is 1. The molecule has 0 aliphatic rings. The van der Waals surface area contributed by atoms with Crippen molar-refractivity contribution in [3.8, 4) is 5.75 Å². The number of fused-ring (bicyclic) bond motifs is 1. The van der Waals surface area contributed by atoms with Gasteiger partial charge in [0.1, 0.15) is 23.2 Å². The number of H-pyrrole nitrogens is 1. The summed E-state index contributed by atoms with van der Waals surface area (Å²) in [6, 6.07) is 15.6. The van der Waals surface area contributed by atoms with Crippen molar-refractivity contribution >= 4 is 46.5 Å². The van der Waals surface area contributed by atoms with E-state index >= 15 is 0 Å². The van der Waals surface area contributed by atoms with Crippen molar-refractivity contribution in [2.75, 3.05) is 30.5 Å². The number of ether oxygens (including phenoxy) is 3. The number of methoxy groups -OCH3 is 1. The first-order valence-corrected chi connectivity index (χ1v) is 14.6. The van der Waals surface area contributed by atoms with E-state index in [0.717, 1.165) is 30.5 Å². The Labute approximate surface area is 260 Å². The maximum Gasteiger partial charge on any atom is 0.420 e. The highest BCUT2D eigenvalue weighted by molar-refractivity contribution is 6.04. The van der Waals surface area contributed by atoms with Crippen molar-refractivity contribution in [2.45, 2.75) is 46.1 Å². The lowest BCUT2D eigenvalue weighted by molar-refractivity contribution is -0.140. The molecule has 0 saturated carbocycles. The van der Waals surface area contributed by atoms with Gasteiger partial charge in [-0.25, -0.2) is 19.6 Å². The van der Waals surface area contributed by atoms with E-state index in [1.54, 1.807) is 60.8 Å². The van der Waals surface area contributed by atoms with E-state index < -0.39 is 18.2 Å². The molecule has 0 atom stereocenters. The molecule has 0 aliphatic carbocycles. The highest BCUT2D eigenvalue weighted by Crippen LogP contribution is 2.27. The Bertz CT molecular complexity index is 1620. The van der Waals surface area contributed by atoms with Gasteiger partial charge >= 0.3 is 18.2 Å². The van der Waals surface area contributed by atoms with E-state index in [-0.39, 0.29) is 18.8 Å². The van der Waals surface area contributed by atoms with E-state index in [9.17, 15) is 14.4 Å². The number of alkyl carbamates (subject to hydrolysis) is 1. The minimum absolute atomic E-state index is 0.0219. The van der Waals surface area contributed by atoms with Crippen LogP contribution in [0.2, 0.25) is 0 Å². The molecule has 13 heteroatoms. The number of benzene rings is 2. The zero-order valence-electron chi connectivity index (χ0n) is 25.5. The summed E-state index contributed by atoms with van der Waals surface area (Å²) in [6.07, 6.45) is 3.01. The molecule has 4 N–H and O–H groups in total. The molecule has 0 spiro atoms. The molecular formula is C32H37N7O6. The Hall–Kier alpha value is -5.46. The van der Waals surface area contributed by atoms with Gasteiger partial charge in [0.15, 0.2) is 0 Å². The average Bonchev–Trinajstić information content (AvgIpc) is 3.48. The van der Waals surface area contributed by atoms with Gasteiger partial charge in [0.2, 0.25) is 0 Å². The molecule has 2 amide bonds. The van der Waals surface area contributed by atoms with Crippen LogP contribution in [0, 0.1) is 12.3 Å². The number of amidine groups is 1. The second-order valence-electron chi connectivity index (χ2n) is 10.1. The number of imidazole rings is 1. The third kappa shape index (κ3) is 9.02. The highest BCUT2D eigenvalue weighted by atomic mass is 16.6. The minimum Gasteiger partial charge on any atom is -0.469 e. The van der Waals surface area contributed by atoms with Crippen LogP contribution in [-0.2, 0) is 20.8 Å². The normalized spacial score (nSPS) is 10.6. The smallest absolute Gasteiger partial charge is 0.420 e. The number of carbonyl (C=O) groups excluding carboxylic acids is 3. The summed E-state index contributed by atoms with van der Waals surface area (Å²) in [5, 5.41) is 13.9. The Morgan fingerprint density at radius 2 is 1.84 bits per heavy atom. The Balaban J connectivity index is 1.36. The fourth-order valence-electron chi connectivity index (χ4n) is 4.37. The molecule has 0 bridgehead atoms. The summed E-state index contributed by atoms with van der Waals surface area (Å²) in [5.74, 6) is 0.835. The van der Waals surface area contributed by atoms with Gasteiger partial charge in [-0.2, -0.15) is 0 Å². The number of carbonyl (C=O) groups is 3. The molecule has 4 rings (SSSR count).